The molecule has 0 aromatic heterocycles. The first kappa shape index (κ1) is 17.7. The average Bonchev–Trinajstić information content (AvgIpc) is 2.56. The van der Waals surface area contributed by atoms with E-state index >= 15 is 0 Å². The van der Waals surface area contributed by atoms with E-state index in [4.69, 9.17) is 4.74 Å². The second kappa shape index (κ2) is 8.84. The monoisotopic (exact) mass is 326 g/mol. The highest BCUT2D eigenvalue weighted by molar-refractivity contribution is 5.88. The highest BCUT2D eigenvalue weighted by Gasteiger charge is 2.06. The van der Waals surface area contributed by atoms with Crippen LogP contribution in [0.5, 0.6) is 0 Å². The molecule has 2 N–H and O–H groups in total. The third-order valence-electron chi connectivity index (χ3n) is 3.53. The van der Waals surface area contributed by atoms with E-state index in [0.29, 0.717) is 19.6 Å². The zero-order valence-electron chi connectivity index (χ0n) is 14.0. The molecule has 0 aliphatic heterocycles. The number of nitrogens with one attached hydrogen (secondary N) is 2. The lowest BCUT2D eigenvalue weighted by molar-refractivity contribution is -0.120. The van der Waals surface area contributed by atoms with Gasteiger partial charge in [0.25, 0.3) is 0 Å². The maximum atomic E-state index is 12.1. The molecular weight excluding hydrogens is 304 g/mol. The lowest BCUT2D eigenvalue weighted by Crippen LogP contribution is -2.25. The maximum Gasteiger partial charge on any atom is 0.224 e. The molecular formula is C19H22N2O3. The molecule has 0 spiro atoms. The Kier molecular flexibility index (Phi) is 6.51. The zero-order chi connectivity index (χ0) is 17.4. The fraction of sp³-hybridized carbons (Fsp3) is 0.263. The van der Waals surface area contributed by atoms with Crippen LogP contribution in [-0.4, -0.2) is 18.9 Å². The van der Waals surface area contributed by atoms with Crippen molar-refractivity contribution in [3.63, 3.8) is 0 Å². The number of hydrogen-bond acceptors (Lipinski definition) is 3. The number of anilines is 1. The summed E-state index contributed by atoms with van der Waals surface area (Å²) in [5, 5.41) is 5.63. The summed E-state index contributed by atoms with van der Waals surface area (Å²) in [6.45, 7) is 2.46. The van der Waals surface area contributed by atoms with Crippen molar-refractivity contribution >= 4 is 17.5 Å². The minimum Gasteiger partial charge on any atom is -0.380 e. The minimum absolute atomic E-state index is 0.0468. The van der Waals surface area contributed by atoms with Crippen LogP contribution in [0.4, 0.5) is 5.69 Å². The third-order valence-corrected chi connectivity index (χ3v) is 3.53. The Bertz CT molecular complexity index is 696. The molecule has 2 amide bonds. The van der Waals surface area contributed by atoms with Gasteiger partial charge >= 0.3 is 0 Å². The van der Waals surface area contributed by atoms with Crippen LogP contribution in [0.1, 0.15) is 23.6 Å². The largest absolute Gasteiger partial charge is 0.380 e. The molecule has 0 aliphatic rings. The number of benzene rings is 2. The van der Waals surface area contributed by atoms with Crippen molar-refractivity contribution in [3.8, 4) is 0 Å². The van der Waals surface area contributed by atoms with Crippen molar-refractivity contribution in [1.29, 1.82) is 0 Å². The molecule has 0 heterocycles. The quantitative estimate of drug-likeness (QED) is 0.822. The fourth-order valence-electron chi connectivity index (χ4n) is 2.38. The molecule has 2 aromatic carbocycles. The average molecular weight is 326 g/mol. The van der Waals surface area contributed by atoms with Gasteiger partial charge in [-0.05, 0) is 28.8 Å². The van der Waals surface area contributed by atoms with Gasteiger partial charge in [-0.3, -0.25) is 9.59 Å². The Labute approximate surface area is 142 Å². The molecule has 5 nitrogen and oxygen atoms in total. The highest BCUT2D eigenvalue weighted by Crippen LogP contribution is 2.11. The Morgan fingerprint density at radius 1 is 1.00 bits per heavy atom. The van der Waals surface area contributed by atoms with Crippen LogP contribution in [0.3, 0.4) is 0 Å². The first-order valence-electron chi connectivity index (χ1n) is 7.77. The van der Waals surface area contributed by atoms with Crippen molar-refractivity contribution in [1.82, 2.24) is 5.32 Å². The lowest BCUT2D eigenvalue weighted by Gasteiger charge is -2.10. The van der Waals surface area contributed by atoms with Crippen molar-refractivity contribution in [2.24, 2.45) is 0 Å². The van der Waals surface area contributed by atoms with Gasteiger partial charge in [0.05, 0.1) is 13.0 Å². The van der Waals surface area contributed by atoms with Crippen molar-refractivity contribution in [3.05, 3.63) is 65.2 Å². The molecule has 0 bridgehead atoms. The van der Waals surface area contributed by atoms with Gasteiger partial charge in [0.2, 0.25) is 11.8 Å². The van der Waals surface area contributed by atoms with Crippen molar-refractivity contribution in [2.75, 3.05) is 12.4 Å². The van der Waals surface area contributed by atoms with E-state index < -0.39 is 0 Å². The van der Waals surface area contributed by atoms with Gasteiger partial charge in [-0.2, -0.15) is 0 Å². The van der Waals surface area contributed by atoms with E-state index in [0.717, 1.165) is 22.4 Å². The number of methoxy groups -OCH3 is 1. The van der Waals surface area contributed by atoms with Gasteiger partial charge in [-0.1, -0.05) is 36.4 Å². The van der Waals surface area contributed by atoms with Crippen LogP contribution in [-0.2, 0) is 33.9 Å². The summed E-state index contributed by atoms with van der Waals surface area (Å²) in [4.78, 5) is 23.1. The third kappa shape index (κ3) is 5.52. The van der Waals surface area contributed by atoms with Crippen molar-refractivity contribution in [2.45, 2.75) is 26.5 Å². The molecule has 0 aliphatic carbocycles. The molecule has 0 unspecified atom stereocenters. The number of ether oxygens (including phenoxy) is 1. The van der Waals surface area contributed by atoms with Crippen LogP contribution >= 0.6 is 0 Å². The lowest BCUT2D eigenvalue weighted by atomic mass is 10.1. The molecule has 0 fully saturated rings. The molecule has 0 radical (unpaired) electrons. The standard InChI is InChI=1S/C19H22N2O3/c1-14(22)21-18-9-7-15(8-10-18)11-19(23)20-12-16-5-3-4-6-17(16)13-24-2/h3-10H,11-13H2,1-2H3,(H,20,23)(H,21,22). The van der Waals surface area contributed by atoms with Gasteiger partial charge in [-0.15, -0.1) is 0 Å². The summed E-state index contributed by atoms with van der Waals surface area (Å²) in [6.07, 6.45) is 0.298. The summed E-state index contributed by atoms with van der Waals surface area (Å²) in [6, 6.07) is 15.1. The first-order chi connectivity index (χ1) is 11.6. The van der Waals surface area contributed by atoms with Gasteiger partial charge < -0.3 is 15.4 Å². The fourth-order valence-corrected chi connectivity index (χ4v) is 2.38. The number of carbonyl (C=O) groups is 2. The predicted octanol–water partition coefficient (Wildman–Crippen LogP) is 2.65. The molecule has 24 heavy (non-hydrogen) atoms. The Balaban J connectivity index is 1.88. The Morgan fingerprint density at radius 3 is 2.29 bits per heavy atom. The molecule has 126 valence electrons. The van der Waals surface area contributed by atoms with Crippen LogP contribution in [0.2, 0.25) is 0 Å². The number of hydrogen-bond donors (Lipinski definition) is 2. The van der Waals surface area contributed by atoms with E-state index in [2.05, 4.69) is 10.6 Å². The van der Waals surface area contributed by atoms with Crippen LogP contribution < -0.4 is 10.6 Å². The second-order valence-corrected chi connectivity index (χ2v) is 5.53. The minimum atomic E-state index is -0.116. The van der Waals surface area contributed by atoms with Crippen LogP contribution in [0.25, 0.3) is 0 Å². The van der Waals surface area contributed by atoms with Crippen LogP contribution in [0, 0.1) is 0 Å². The molecule has 0 saturated heterocycles. The van der Waals surface area contributed by atoms with E-state index in [9.17, 15) is 9.59 Å². The summed E-state index contributed by atoms with van der Waals surface area (Å²) < 4.78 is 5.17. The zero-order valence-corrected chi connectivity index (χ0v) is 14.0. The molecule has 2 aromatic rings. The Hall–Kier alpha value is -2.66. The Morgan fingerprint density at radius 2 is 1.67 bits per heavy atom. The summed E-state index contributed by atoms with van der Waals surface area (Å²) >= 11 is 0. The summed E-state index contributed by atoms with van der Waals surface area (Å²) in [7, 11) is 1.65. The van der Waals surface area contributed by atoms with Gasteiger partial charge in [0, 0.05) is 26.3 Å². The van der Waals surface area contributed by atoms with Gasteiger partial charge in [0.15, 0.2) is 0 Å². The topological polar surface area (TPSA) is 67.4 Å². The van der Waals surface area contributed by atoms with E-state index in [1.54, 1.807) is 19.2 Å². The molecule has 5 heteroatoms. The van der Waals surface area contributed by atoms with E-state index in [1.807, 2.05) is 36.4 Å². The molecule has 0 saturated carbocycles. The number of carbonyl (C=O) groups excluding carboxylic acids is 2. The van der Waals surface area contributed by atoms with Crippen molar-refractivity contribution < 1.29 is 14.3 Å². The maximum absolute atomic E-state index is 12.1. The molecule has 0 atom stereocenters. The van der Waals surface area contributed by atoms with Crippen LogP contribution in [0.15, 0.2) is 48.5 Å². The molecule has 2 rings (SSSR count). The normalized spacial score (nSPS) is 10.2. The summed E-state index contributed by atoms with van der Waals surface area (Å²) in [5.74, 6) is -0.162. The summed E-state index contributed by atoms with van der Waals surface area (Å²) in [5.41, 5.74) is 3.74. The van der Waals surface area contributed by atoms with Gasteiger partial charge in [-0.25, -0.2) is 0 Å². The number of rotatable bonds is 7. The highest BCUT2D eigenvalue weighted by atomic mass is 16.5. The second-order valence-electron chi connectivity index (χ2n) is 5.53. The van der Waals surface area contributed by atoms with E-state index in [1.165, 1.54) is 6.92 Å². The predicted molar refractivity (Wildman–Crippen MR) is 93.5 cm³/mol. The first-order valence-corrected chi connectivity index (χ1v) is 7.77. The number of amides is 2. The smallest absolute Gasteiger partial charge is 0.224 e. The SMILES string of the molecule is COCc1ccccc1CNC(=O)Cc1ccc(NC(C)=O)cc1. The van der Waals surface area contributed by atoms with Gasteiger partial charge in [0.1, 0.15) is 0 Å². The van der Waals surface area contributed by atoms with E-state index in [-0.39, 0.29) is 11.8 Å².